The Morgan fingerprint density at radius 3 is 1.27 bits per heavy atom. The van der Waals surface area contributed by atoms with Crippen molar-refractivity contribution in [3.05, 3.63) is 260 Å². The van der Waals surface area contributed by atoms with Crippen molar-refractivity contribution in [1.82, 2.24) is 34.5 Å². The maximum atomic E-state index is 5.05. The highest BCUT2D eigenvalue weighted by atomic mass is 15.0. The lowest BCUT2D eigenvalue weighted by Gasteiger charge is -2.13. The summed E-state index contributed by atoms with van der Waals surface area (Å²) in [4.78, 5) is 29.9. The molecule has 7 heteroatoms. The summed E-state index contributed by atoms with van der Waals surface area (Å²) in [5, 5.41) is 2.40. The monoisotopic (exact) mass is 945 g/mol. The molecule has 14 rings (SSSR count). The minimum absolute atomic E-state index is 0.628. The van der Waals surface area contributed by atoms with Gasteiger partial charge >= 0.3 is 0 Å². The van der Waals surface area contributed by atoms with Crippen molar-refractivity contribution >= 4 is 21.8 Å². The topological polar surface area (TPSA) is 82.3 Å². The fourth-order valence-electron chi connectivity index (χ4n) is 10.5. The van der Waals surface area contributed by atoms with E-state index in [-0.39, 0.29) is 0 Å². The minimum atomic E-state index is 0.628. The van der Waals surface area contributed by atoms with E-state index in [2.05, 4.69) is 132 Å². The predicted molar refractivity (Wildman–Crippen MR) is 299 cm³/mol. The summed E-state index contributed by atoms with van der Waals surface area (Å²) >= 11 is 0. The number of fused-ring (bicyclic) bond motifs is 6. The summed E-state index contributed by atoms with van der Waals surface area (Å²) in [6.07, 6.45) is 0.883. The van der Waals surface area contributed by atoms with Gasteiger partial charge in [0.15, 0.2) is 34.9 Å². The van der Waals surface area contributed by atoms with Gasteiger partial charge in [-0.25, -0.2) is 29.9 Å². The van der Waals surface area contributed by atoms with Crippen LogP contribution < -0.4 is 0 Å². The average molecular weight is 946 g/mol. The van der Waals surface area contributed by atoms with Crippen LogP contribution in [0.25, 0.3) is 129 Å². The Morgan fingerprint density at radius 1 is 0.257 bits per heavy atom. The molecule has 0 amide bonds. The number of benzene rings is 10. The van der Waals surface area contributed by atoms with E-state index >= 15 is 0 Å². The second-order valence-electron chi connectivity index (χ2n) is 18.7. The number of hydrogen-bond acceptors (Lipinski definition) is 6. The van der Waals surface area contributed by atoms with Gasteiger partial charge in [-0.3, -0.25) is 0 Å². The molecule has 0 N–H and O–H groups in total. The Balaban J connectivity index is 0.815. The van der Waals surface area contributed by atoms with Crippen LogP contribution >= 0.6 is 0 Å². The lowest BCUT2D eigenvalue weighted by Crippen LogP contribution is -2.00. The molecule has 346 valence electrons. The van der Waals surface area contributed by atoms with Gasteiger partial charge in [-0.1, -0.05) is 194 Å². The van der Waals surface area contributed by atoms with Crippen molar-refractivity contribution in [2.75, 3.05) is 0 Å². The van der Waals surface area contributed by atoms with Crippen molar-refractivity contribution in [3.8, 4) is 107 Å². The van der Waals surface area contributed by atoms with E-state index in [1.54, 1.807) is 0 Å². The van der Waals surface area contributed by atoms with Gasteiger partial charge in [-0.15, -0.1) is 0 Å². The first kappa shape index (κ1) is 42.9. The fraction of sp³-hybridized carbons (Fsp3) is 0.0149. The van der Waals surface area contributed by atoms with Crippen LogP contribution in [0.2, 0.25) is 0 Å². The zero-order valence-electron chi connectivity index (χ0n) is 40.0. The van der Waals surface area contributed by atoms with Gasteiger partial charge in [0.2, 0.25) is 0 Å². The molecule has 0 aliphatic heterocycles. The van der Waals surface area contributed by atoms with Crippen LogP contribution in [0.4, 0.5) is 0 Å². The average Bonchev–Trinajstić information content (AvgIpc) is 4.03. The van der Waals surface area contributed by atoms with Gasteiger partial charge in [0.05, 0.1) is 11.0 Å². The van der Waals surface area contributed by atoms with Crippen LogP contribution in [0.15, 0.2) is 249 Å². The Bertz CT molecular complexity index is 4130. The van der Waals surface area contributed by atoms with E-state index in [0.717, 1.165) is 62.1 Å². The van der Waals surface area contributed by atoms with E-state index in [1.807, 2.05) is 121 Å². The van der Waals surface area contributed by atoms with Gasteiger partial charge in [0, 0.05) is 49.8 Å². The molecule has 0 unspecified atom stereocenters. The highest BCUT2D eigenvalue weighted by Crippen LogP contribution is 2.46. The third kappa shape index (κ3) is 7.71. The van der Waals surface area contributed by atoms with E-state index in [0.29, 0.717) is 34.9 Å². The highest BCUT2D eigenvalue weighted by molar-refractivity contribution is 6.10. The summed E-state index contributed by atoms with van der Waals surface area (Å²) in [5.74, 6) is 3.84. The van der Waals surface area contributed by atoms with Gasteiger partial charge in [0.1, 0.15) is 0 Å². The number of rotatable bonds is 9. The largest absolute Gasteiger partial charge is 0.309 e. The SMILES string of the molecule is c1ccc(-c2nc(-c3ccccc3)nc(-c3ccc(-n4c5ccccc5c5cc(-c6ccc7c(c6)-c6c(cccc6-c6cccc(-c8nc(-c9ccccc9)nc(-c9ccccc9)n8)c6)C7)ccc54)cc3)n2)cc1. The summed E-state index contributed by atoms with van der Waals surface area (Å²) in [6, 6.07) is 87.0. The predicted octanol–water partition coefficient (Wildman–Crippen LogP) is 16.1. The second-order valence-corrected chi connectivity index (χ2v) is 18.7. The number of para-hydroxylation sites is 1. The summed E-state index contributed by atoms with van der Waals surface area (Å²) in [7, 11) is 0. The molecule has 7 nitrogen and oxygen atoms in total. The summed E-state index contributed by atoms with van der Waals surface area (Å²) in [6.45, 7) is 0. The van der Waals surface area contributed by atoms with E-state index in [9.17, 15) is 0 Å². The van der Waals surface area contributed by atoms with Crippen LogP contribution in [0.3, 0.4) is 0 Å². The smallest absolute Gasteiger partial charge is 0.164 e. The Morgan fingerprint density at radius 2 is 0.689 bits per heavy atom. The van der Waals surface area contributed by atoms with Crippen molar-refractivity contribution in [1.29, 1.82) is 0 Å². The number of nitrogens with zero attached hydrogens (tertiary/aromatic N) is 7. The number of hydrogen-bond donors (Lipinski definition) is 0. The number of aromatic nitrogens is 7. The van der Waals surface area contributed by atoms with Crippen molar-refractivity contribution in [3.63, 3.8) is 0 Å². The first-order valence-corrected chi connectivity index (χ1v) is 24.9. The van der Waals surface area contributed by atoms with Gasteiger partial charge < -0.3 is 4.57 Å². The van der Waals surface area contributed by atoms with Crippen molar-refractivity contribution < 1.29 is 0 Å². The molecular formula is C67H43N7. The third-order valence-corrected chi connectivity index (χ3v) is 14.1. The quantitative estimate of drug-likeness (QED) is 0.143. The molecule has 1 aliphatic rings. The van der Waals surface area contributed by atoms with Crippen LogP contribution in [0, 0.1) is 0 Å². The molecule has 1 aliphatic carbocycles. The lowest BCUT2D eigenvalue weighted by molar-refractivity contribution is 1.07. The third-order valence-electron chi connectivity index (χ3n) is 14.1. The molecule has 3 aromatic heterocycles. The molecule has 0 fully saturated rings. The summed E-state index contributed by atoms with van der Waals surface area (Å²) < 4.78 is 2.36. The maximum Gasteiger partial charge on any atom is 0.164 e. The molecule has 0 atom stereocenters. The Labute approximate surface area is 427 Å². The van der Waals surface area contributed by atoms with Crippen LogP contribution in [0.5, 0.6) is 0 Å². The van der Waals surface area contributed by atoms with Crippen LogP contribution in [-0.4, -0.2) is 34.5 Å². The minimum Gasteiger partial charge on any atom is -0.309 e. The maximum absolute atomic E-state index is 5.05. The molecule has 74 heavy (non-hydrogen) atoms. The molecule has 0 radical (unpaired) electrons. The Hall–Kier alpha value is -9.98. The first-order valence-electron chi connectivity index (χ1n) is 24.9. The zero-order valence-corrected chi connectivity index (χ0v) is 40.0. The second kappa shape index (κ2) is 18.0. The van der Waals surface area contributed by atoms with Gasteiger partial charge in [-0.2, -0.15) is 0 Å². The molecule has 0 spiro atoms. The van der Waals surface area contributed by atoms with Crippen LogP contribution in [-0.2, 0) is 6.42 Å². The van der Waals surface area contributed by atoms with E-state index in [4.69, 9.17) is 29.9 Å². The molecule has 10 aromatic carbocycles. The molecular weight excluding hydrogens is 903 g/mol. The Kier molecular flexibility index (Phi) is 10.4. The van der Waals surface area contributed by atoms with Crippen molar-refractivity contribution in [2.24, 2.45) is 0 Å². The standard InChI is InChI=1S/C67H43N7/c1-5-17-43(18-6-1)62-68-63(44-19-7-2-8-20-44)71-66(70-62)47-33-36-54(37-34-47)74-59-30-14-13-28-56(59)58-42-49(35-38-60(58)74)48-31-32-51-39-52-26-16-29-55(61(52)57(51)41-48)50-25-15-27-53(40-50)67-72-64(45-21-9-3-10-22-45)69-65(73-67)46-23-11-4-12-24-46/h1-38,40-42H,39H2. The molecule has 0 saturated carbocycles. The molecule has 0 saturated heterocycles. The molecule has 3 heterocycles. The summed E-state index contributed by atoms with van der Waals surface area (Å²) in [5.41, 5.74) is 18.8. The van der Waals surface area contributed by atoms with Crippen molar-refractivity contribution in [2.45, 2.75) is 6.42 Å². The fourth-order valence-corrected chi connectivity index (χ4v) is 10.5. The van der Waals surface area contributed by atoms with E-state index < -0.39 is 0 Å². The highest BCUT2D eigenvalue weighted by Gasteiger charge is 2.24. The van der Waals surface area contributed by atoms with Gasteiger partial charge in [0.25, 0.3) is 0 Å². The normalized spacial score (nSPS) is 11.7. The molecule has 0 bridgehead atoms. The zero-order chi connectivity index (χ0) is 49.0. The first-order chi connectivity index (χ1) is 36.6. The van der Waals surface area contributed by atoms with Crippen LogP contribution in [0.1, 0.15) is 11.1 Å². The van der Waals surface area contributed by atoms with E-state index in [1.165, 1.54) is 49.7 Å². The lowest BCUT2D eigenvalue weighted by atomic mass is 9.91. The van der Waals surface area contributed by atoms with Gasteiger partial charge in [-0.05, 0) is 106 Å². The molecule has 13 aromatic rings.